The highest BCUT2D eigenvalue weighted by Crippen LogP contribution is 2.40. The second-order valence-corrected chi connectivity index (χ2v) is 21.1. The lowest BCUT2D eigenvalue weighted by Gasteiger charge is -2.53. The van der Waals surface area contributed by atoms with Gasteiger partial charge in [-0.25, -0.2) is 19.4 Å². The van der Waals surface area contributed by atoms with Crippen molar-refractivity contribution in [2.45, 2.75) is 238 Å². The molecule has 340 valence electrons. The normalized spacial score (nSPS) is 22.8. The summed E-state index contributed by atoms with van der Waals surface area (Å²) >= 11 is 0. The molecule has 0 aromatic rings. The van der Waals surface area contributed by atoms with E-state index in [1.165, 1.54) is 31.8 Å². The van der Waals surface area contributed by atoms with Gasteiger partial charge in [-0.05, 0) is 136 Å². The first-order valence-electron chi connectivity index (χ1n) is 22.5. The lowest BCUT2D eigenvalue weighted by molar-refractivity contribution is -0.0687. The number of nitrogens with one attached hydrogen (secondary N) is 2. The maximum atomic E-state index is 12.0. The summed E-state index contributed by atoms with van der Waals surface area (Å²) in [6, 6.07) is 0. The Balaban J connectivity index is 0.000000458. The molecule has 0 radical (unpaired) electrons. The fraction of sp³-hybridized carbons (Fsp3) is 0.935. The van der Waals surface area contributed by atoms with Gasteiger partial charge < -0.3 is 25.2 Å². The van der Waals surface area contributed by atoms with Gasteiger partial charge in [0.1, 0.15) is 12.2 Å². The van der Waals surface area contributed by atoms with Crippen LogP contribution in [-0.4, -0.2) is 130 Å². The monoisotopic (exact) mass is 823 g/mol. The molecular weight excluding hydrogens is 733 g/mol. The first kappa shape index (κ1) is 53.8. The van der Waals surface area contributed by atoms with Gasteiger partial charge in [0.25, 0.3) is 0 Å². The van der Waals surface area contributed by atoms with Crippen molar-refractivity contribution in [2.24, 2.45) is 4.99 Å². The zero-order valence-electron chi connectivity index (χ0n) is 40.2. The van der Waals surface area contributed by atoms with Gasteiger partial charge in [-0.1, -0.05) is 45.4 Å². The Labute approximate surface area is 355 Å². The van der Waals surface area contributed by atoms with Crippen LogP contribution < -0.4 is 10.6 Å². The number of ether oxygens (including phenoxy) is 2. The van der Waals surface area contributed by atoms with Crippen LogP contribution in [0.4, 0.5) is 9.59 Å². The number of unbranched alkanes of at least 4 members (excludes halogenated alkanes) is 7. The Hall–Kier alpha value is -2.24. The molecule has 0 bridgehead atoms. The summed E-state index contributed by atoms with van der Waals surface area (Å²) in [6.07, 6.45) is 15.8. The fourth-order valence-corrected chi connectivity index (χ4v) is 9.26. The van der Waals surface area contributed by atoms with Gasteiger partial charge in [-0.3, -0.25) is 14.7 Å². The van der Waals surface area contributed by atoms with Crippen LogP contribution in [0.25, 0.3) is 0 Å². The summed E-state index contributed by atoms with van der Waals surface area (Å²) in [7, 11) is 6.44. The van der Waals surface area contributed by atoms with Gasteiger partial charge >= 0.3 is 12.2 Å². The molecule has 3 N–H and O–H groups in total. The number of aliphatic hydroxyl groups excluding tert-OH is 1. The van der Waals surface area contributed by atoms with E-state index in [1.54, 1.807) is 0 Å². The number of rotatable bonds is 15. The molecule has 58 heavy (non-hydrogen) atoms. The topological polar surface area (TPSA) is 136 Å². The predicted molar refractivity (Wildman–Crippen MR) is 238 cm³/mol. The average molecular weight is 823 g/mol. The molecule has 12 heteroatoms. The maximum Gasteiger partial charge on any atom is 0.407 e. The van der Waals surface area contributed by atoms with Crippen LogP contribution in [-0.2, 0) is 14.3 Å². The van der Waals surface area contributed by atoms with Crippen LogP contribution in [0.3, 0.4) is 0 Å². The molecule has 0 unspecified atom stereocenters. The number of likely N-dealkylation sites (tertiary alicyclic amines) is 3. The second kappa shape index (κ2) is 23.7. The van der Waals surface area contributed by atoms with Crippen LogP contribution in [0.5, 0.6) is 0 Å². The molecule has 3 saturated heterocycles. The summed E-state index contributed by atoms with van der Waals surface area (Å²) in [4.78, 5) is 44.5. The Morgan fingerprint density at radius 3 is 1.21 bits per heavy atom. The molecule has 3 heterocycles. The number of aliphatic hydroxyl groups is 1. The summed E-state index contributed by atoms with van der Waals surface area (Å²) in [5, 5.41) is 15.4. The van der Waals surface area contributed by atoms with E-state index < -0.39 is 0 Å². The third-order valence-corrected chi connectivity index (χ3v) is 13.5. The zero-order valence-corrected chi connectivity index (χ0v) is 40.2. The molecular formula is C46H90N6O6. The van der Waals surface area contributed by atoms with E-state index >= 15 is 0 Å². The molecule has 0 saturated carbocycles. The number of isocyanates is 1. The number of hydrogen-bond acceptors (Lipinski definition) is 10. The van der Waals surface area contributed by atoms with E-state index in [2.05, 4.69) is 141 Å². The predicted octanol–water partition coefficient (Wildman–Crippen LogP) is 9.22. The van der Waals surface area contributed by atoms with E-state index in [-0.39, 0.29) is 63.7 Å². The summed E-state index contributed by atoms with van der Waals surface area (Å²) < 4.78 is 11.3. The lowest BCUT2D eigenvalue weighted by atomic mass is 9.79. The first-order valence-corrected chi connectivity index (χ1v) is 22.5. The van der Waals surface area contributed by atoms with Crippen molar-refractivity contribution >= 4 is 18.3 Å². The highest BCUT2D eigenvalue weighted by molar-refractivity contribution is 5.67. The van der Waals surface area contributed by atoms with Crippen molar-refractivity contribution in [3.05, 3.63) is 0 Å². The van der Waals surface area contributed by atoms with Crippen LogP contribution in [0.1, 0.15) is 186 Å². The van der Waals surface area contributed by atoms with Gasteiger partial charge in [-0.15, -0.1) is 0 Å². The molecule has 0 aliphatic carbocycles. The number of hydrogen-bond donors (Lipinski definition) is 3. The van der Waals surface area contributed by atoms with Crippen molar-refractivity contribution in [3.8, 4) is 0 Å². The van der Waals surface area contributed by atoms with Crippen molar-refractivity contribution in [1.82, 2.24) is 25.3 Å². The van der Waals surface area contributed by atoms with Crippen LogP contribution >= 0.6 is 0 Å². The van der Waals surface area contributed by atoms with Crippen molar-refractivity contribution in [3.63, 3.8) is 0 Å². The highest BCUT2D eigenvalue weighted by Gasteiger charge is 2.46. The molecule has 3 fully saturated rings. The summed E-state index contributed by atoms with van der Waals surface area (Å²) in [6.45, 7) is 30.5. The Morgan fingerprint density at radius 1 is 0.569 bits per heavy atom. The quantitative estimate of drug-likeness (QED) is 0.0839. The lowest BCUT2D eigenvalue weighted by Crippen LogP contribution is -2.60. The van der Waals surface area contributed by atoms with Crippen LogP contribution in [0.15, 0.2) is 4.99 Å². The standard InChI is InChI=1S/C18H33N3O3.C18H36N2O2.C10H21NO/c1-17(2)12-15(13-18(3,4)21(17)5)24-16(23)20-11-9-7-6-8-10-19-14-22;1-7-8-9-10-11-12-19-16(21)22-15-13-17(2,3)20(6)18(4,5)14-15;1-9(2)6-8(12)7-10(3,4)11(9)5/h15H,6-13H2,1-5H3,(H,20,23);15H,7-14H2,1-6H3,(H,19,21);8,12H,6-7H2,1-5H3. The minimum Gasteiger partial charge on any atom is -0.446 e. The SMILES string of the molecule is CCCCCCCNC(=O)OC1CC(C)(C)N(C)C(C)(C)C1.CN1C(C)(C)CC(O)CC1(C)C.CN1C(C)(C)CC(OC(=O)NCCCCCCN=C=O)CC1(C)C. The number of alkyl carbamates (subject to hydrolysis) is 2. The van der Waals surface area contributed by atoms with Crippen LogP contribution in [0.2, 0.25) is 0 Å². The molecule has 2 amide bonds. The number of piperidine rings is 3. The molecule has 0 atom stereocenters. The first-order chi connectivity index (χ1) is 26.6. The number of amides is 2. The number of aliphatic imine (C=N–C) groups is 1. The number of carbonyl (C=O) groups is 2. The minimum atomic E-state index is -0.318. The van der Waals surface area contributed by atoms with Crippen molar-refractivity contribution < 1.29 is 29.0 Å². The Morgan fingerprint density at radius 2 is 0.879 bits per heavy atom. The van der Waals surface area contributed by atoms with E-state index in [0.717, 1.165) is 77.2 Å². The third-order valence-electron chi connectivity index (χ3n) is 13.5. The molecule has 3 rings (SSSR count). The van der Waals surface area contributed by atoms with Crippen molar-refractivity contribution in [2.75, 3.05) is 40.8 Å². The van der Waals surface area contributed by atoms with E-state index in [9.17, 15) is 19.5 Å². The van der Waals surface area contributed by atoms with Gasteiger partial charge in [0.2, 0.25) is 6.08 Å². The average Bonchev–Trinajstić information content (AvgIpc) is 3.07. The van der Waals surface area contributed by atoms with Gasteiger partial charge in [-0.2, -0.15) is 0 Å². The second-order valence-electron chi connectivity index (χ2n) is 21.1. The Bertz CT molecular complexity index is 1220. The third kappa shape index (κ3) is 18.6. The molecule has 3 aliphatic heterocycles. The summed E-state index contributed by atoms with van der Waals surface area (Å²) in [5.41, 5.74) is 0.370. The number of nitrogens with zero attached hydrogens (tertiary/aromatic N) is 4. The van der Waals surface area contributed by atoms with Crippen LogP contribution in [0, 0.1) is 0 Å². The molecule has 0 spiro atoms. The Kier molecular flexibility index (Phi) is 22.0. The fourth-order valence-electron chi connectivity index (χ4n) is 9.26. The molecule has 12 nitrogen and oxygen atoms in total. The summed E-state index contributed by atoms with van der Waals surface area (Å²) in [5.74, 6) is 0. The van der Waals surface area contributed by atoms with E-state index in [0.29, 0.717) is 13.1 Å². The molecule has 0 aromatic carbocycles. The zero-order chi connectivity index (χ0) is 44.6. The van der Waals surface area contributed by atoms with E-state index in [1.807, 2.05) is 0 Å². The molecule has 0 aromatic heterocycles. The number of carbonyl (C=O) groups excluding carboxylic acids is 3. The largest absolute Gasteiger partial charge is 0.446 e. The molecule has 3 aliphatic rings. The van der Waals surface area contributed by atoms with Gasteiger partial charge in [0.05, 0.1) is 12.6 Å². The van der Waals surface area contributed by atoms with Crippen molar-refractivity contribution in [1.29, 1.82) is 0 Å². The van der Waals surface area contributed by atoms with Gasteiger partial charge in [0, 0.05) is 72.0 Å². The van der Waals surface area contributed by atoms with E-state index in [4.69, 9.17) is 9.47 Å². The van der Waals surface area contributed by atoms with Gasteiger partial charge in [0.15, 0.2) is 0 Å². The minimum absolute atomic E-state index is 0.00120. The maximum absolute atomic E-state index is 12.0. The highest BCUT2D eigenvalue weighted by atomic mass is 16.6. The smallest absolute Gasteiger partial charge is 0.407 e.